The Morgan fingerprint density at radius 1 is 0.964 bits per heavy atom. The lowest BCUT2D eigenvalue weighted by Gasteiger charge is -2.33. The van der Waals surface area contributed by atoms with Gasteiger partial charge in [-0.25, -0.2) is 4.79 Å². The Kier molecular flexibility index (Phi) is 14.4. The van der Waals surface area contributed by atoms with E-state index in [-0.39, 0.29) is 37.8 Å². The van der Waals surface area contributed by atoms with Crippen LogP contribution in [0, 0.1) is 5.92 Å². The number of rotatable bonds is 19. The van der Waals surface area contributed by atoms with Crippen molar-refractivity contribution in [2.45, 2.75) is 140 Å². The molecular formula is C45H60N2O8. The lowest BCUT2D eigenvalue weighted by atomic mass is 9.89. The zero-order valence-electron chi connectivity index (χ0n) is 32.8. The molecule has 0 aromatic heterocycles. The summed E-state index contributed by atoms with van der Waals surface area (Å²) in [5.74, 6) is -1.54. The van der Waals surface area contributed by atoms with Gasteiger partial charge >= 0.3 is 5.97 Å². The quantitative estimate of drug-likeness (QED) is 0.0897. The molecule has 2 aromatic rings. The van der Waals surface area contributed by atoms with E-state index in [1.165, 1.54) is 4.90 Å². The molecule has 3 fully saturated rings. The number of allylic oxidation sites excluding steroid dienone is 1. The highest BCUT2D eigenvalue weighted by molar-refractivity contribution is 5.97. The van der Waals surface area contributed by atoms with E-state index in [1.807, 2.05) is 48.5 Å². The summed E-state index contributed by atoms with van der Waals surface area (Å²) in [4.78, 5) is 43.1. The molecule has 3 unspecified atom stereocenters. The van der Waals surface area contributed by atoms with Crippen LogP contribution in [0.15, 0.2) is 72.3 Å². The van der Waals surface area contributed by atoms with Crippen LogP contribution < -0.4 is 5.32 Å². The number of hydrogen-bond donors (Lipinski definition) is 2. The SMILES string of the molecule is CCCCCC1(CCCCC)O[C@@H]2[C@@H](C=C(C(=O)N(C)[C@H](Cc3ccccc3)C(=O)NCCO)C[C@H]2OC(=O)c2ccc(C=CC3CCC4OC4C3)cc2)O1. The molecule has 298 valence electrons. The van der Waals surface area contributed by atoms with E-state index in [0.29, 0.717) is 42.1 Å². The van der Waals surface area contributed by atoms with Gasteiger partial charge in [0.1, 0.15) is 24.4 Å². The summed E-state index contributed by atoms with van der Waals surface area (Å²) < 4.78 is 25.6. The first-order valence-electron chi connectivity index (χ1n) is 20.6. The van der Waals surface area contributed by atoms with Crippen LogP contribution in [0.5, 0.6) is 0 Å². The molecule has 10 nitrogen and oxygen atoms in total. The van der Waals surface area contributed by atoms with Crippen molar-refractivity contribution in [1.29, 1.82) is 0 Å². The molecule has 2 N–H and O–H groups in total. The molecule has 55 heavy (non-hydrogen) atoms. The standard InChI is InChI=1S/C45H60N2O8/c1-4-6-11-23-45(24-12-7-5-2)54-40-30-35(43(50)47(3)36(42(49)46-25-26-48)27-32-13-9-8-10-14-32)29-39(41(40)55-45)53-44(51)34-20-17-31(18-21-34)15-16-33-19-22-37-38(28-33)52-37/h8-10,13-18,20-21,30,33,36-41,48H,4-7,11-12,19,22-29H2,1-3H3,(H,46,49)/t33?,36-,37?,38?,39-,40-,41+/m1/s1. The fourth-order valence-corrected chi connectivity index (χ4v) is 8.29. The maximum Gasteiger partial charge on any atom is 0.338 e. The first-order chi connectivity index (χ1) is 26.7. The number of likely N-dealkylation sites (N-methyl/N-ethyl adjacent to an activating group) is 1. The maximum absolute atomic E-state index is 14.4. The minimum Gasteiger partial charge on any atom is -0.456 e. The van der Waals surface area contributed by atoms with Crippen LogP contribution in [0.25, 0.3) is 6.08 Å². The minimum atomic E-state index is -0.843. The number of amides is 2. The topological polar surface area (TPSA) is 127 Å². The number of epoxide rings is 1. The summed E-state index contributed by atoms with van der Waals surface area (Å²) in [7, 11) is 1.62. The number of fused-ring (bicyclic) bond motifs is 2. The fourth-order valence-electron chi connectivity index (χ4n) is 8.29. The molecule has 1 saturated carbocycles. The van der Waals surface area contributed by atoms with Gasteiger partial charge in [0.05, 0.1) is 24.4 Å². The average Bonchev–Trinajstić information content (AvgIpc) is 3.89. The van der Waals surface area contributed by atoms with Crippen molar-refractivity contribution in [2.24, 2.45) is 5.92 Å². The lowest BCUT2D eigenvalue weighted by molar-refractivity contribution is -0.190. The van der Waals surface area contributed by atoms with E-state index in [4.69, 9.17) is 18.9 Å². The number of nitrogens with one attached hydrogen (secondary N) is 1. The van der Waals surface area contributed by atoms with Gasteiger partial charge in [0, 0.05) is 44.8 Å². The predicted octanol–water partition coefficient (Wildman–Crippen LogP) is 6.94. The van der Waals surface area contributed by atoms with Crippen molar-refractivity contribution in [2.75, 3.05) is 20.2 Å². The third-order valence-corrected chi connectivity index (χ3v) is 11.6. The van der Waals surface area contributed by atoms with Crippen LogP contribution in [-0.4, -0.2) is 90.3 Å². The van der Waals surface area contributed by atoms with E-state index in [1.54, 1.807) is 19.2 Å². The van der Waals surface area contributed by atoms with Gasteiger partial charge in [0.2, 0.25) is 11.8 Å². The van der Waals surface area contributed by atoms with Crippen LogP contribution in [0.3, 0.4) is 0 Å². The molecule has 2 aliphatic carbocycles. The maximum atomic E-state index is 14.4. The van der Waals surface area contributed by atoms with E-state index < -0.39 is 36.1 Å². The summed E-state index contributed by atoms with van der Waals surface area (Å²) in [6.45, 7) is 4.19. The van der Waals surface area contributed by atoms with E-state index >= 15 is 0 Å². The van der Waals surface area contributed by atoms with Gasteiger partial charge in [-0.2, -0.15) is 0 Å². The Hall–Kier alpha value is -3.83. The predicted molar refractivity (Wildman–Crippen MR) is 211 cm³/mol. The number of benzene rings is 2. The molecule has 2 heterocycles. The van der Waals surface area contributed by atoms with Crippen molar-refractivity contribution >= 4 is 23.9 Å². The van der Waals surface area contributed by atoms with Gasteiger partial charge in [-0.1, -0.05) is 94.1 Å². The monoisotopic (exact) mass is 756 g/mol. The number of aliphatic hydroxyl groups is 1. The third kappa shape index (κ3) is 10.7. The number of aliphatic hydroxyl groups excluding tert-OH is 1. The summed E-state index contributed by atoms with van der Waals surface area (Å²) >= 11 is 0. The molecule has 0 spiro atoms. The Labute approximate surface area is 326 Å². The fraction of sp³-hybridized carbons (Fsp3) is 0.578. The second-order valence-corrected chi connectivity index (χ2v) is 15.7. The highest BCUT2D eigenvalue weighted by Gasteiger charge is 2.53. The minimum absolute atomic E-state index is 0.0773. The summed E-state index contributed by atoms with van der Waals surface area (Å²) in [6, 6.07) is 16.1. The molecule has 2 amide bonds. The van der Waals surface area contributed by atoms with Crippen molar-refractivity contribution < 1.29 is 38.4 Å². The van der Waals surface area contributed by atoms with Gasteiger partial charge in [0.25, 0.3) is 0 Å². The van der Waals surface area contributed by atoms with Crippen LogP contribution in [0.4, 0.5) is 0 Å². The molecule has 6 rings (SSSR count). The lowest BCUT2D eigenvalue weighted by Crippen LogP contribution is -2.51. The van der Waals surface area contributed by atoms with Crippen LogP contribution in [0.2, 0.25) is 0 Å². The van der Waals surface area contributed by atoms with Crippen molar-refractivity contribution in [1.82, 2.24) is 10.2 Å². The number of nitrogens with zero attached hydrogens (tertiary/aromatic N) is 1. The highest BCUT2D eigenvalue weighted by Crippen LogP contribution is 2.44. The summed E-state index contributed by atoms with van der Waals surface area (Å²) in [5, 5.41) is 12.2. The first-order valence-corrected chi connectivity index (χ1v) is 20.6. The average molecular weight is 757 g/mol. The first kappa shape index (κ1) is 40.8. The molecule has 2 aliphatic heterocycles. The van der Waals surface area contributed by atoms with Crippen LogP contribution in [0.1, 0.15) is 112 Å². The Bertz CT molecular complexity index is 1630. The van der Waals surface area contributed by atoms with Gasteiger partial charge < -0.3 is 34.3 Å². The van der Waals surface area contributed by atoms with Gasteiger partial charge in [0.15, 0.2) is 5.79 Å². The van der Waals surface area contributed by atoms with E-state index in [9.17, 15) is 19.5 Å². The molecule has 0 bridgehead atoms. The Morgan fingerprint density at radius 2 is 1.69 bits per heavy atom. The second-order valence-electron chi connectivity index (χ2n) is 15.7. The number of hydrogen-bond acceptors (Lipinski definition) is 8. The molecule has 2 aromatic carbocycles. The van der Waals surface area contributed by atoms with Gasteiger partial charge in [-0.3, -0.25) is 9.59 Å². The van der Waals surface area contributed by atoms with Crippen LogP contribution in [-0.2, 0) is 35.0 Å². The molecule has 4 aliphatic rings. The smallest absolute Gasteiger partial charge is 0.338 e. The number of ether oxygens (including phenoxy) is 4. The zero-order chi connectivity index (χ0) is 38.8. The second kappa shape index (κ2) is 19.4. The summed E-state index contributed by atoms with van der Waals surface area (Å²) in [6.07, 6.45) is 16.3. The van der Waals surface area contributed by atoms with E-state index in [2.05, 4.69) is 31.3 Å². The largest absolute Gasteiger partial charge is 0.456 e. The normalized spacial score (nSPS) is 25.7. The Morgan fingerprint density at radius 3 is 2.36 bits per heavy atom. The van der Waals surface area contributed by atoms with Gasteiger partial charge in [-0.05, 0) is 67.4 Å². The Balaban J connectivity index is 1.22. The molecule has 7 atom stereocenters. The van der Waals surface area contributed by atoms with Crippen molar-refractivity contribution in [3.8, 4) is 0 Å². The number of unbranched alkanes of at least 4 members (excludes halogenated alkanes) is 4. The van der Waals surface area contributed by atoms with Crippen molar-refractivity contribution in [3.63, 3.8) is 0 Å². The number of carbonyl (C=O) groups is 3. The van der Waals surface area contributed by atoms with E-state index in [0.717, 1.165) is 68.9 Å². The zero-order valence-corrected chi connectivity index (χ0v) is 32.8. The number of esters is 1. The number of carbonyl (C=O) groups excluding carboxylic acids is 3. The highest BCUT2D eigenvalue weighted by atomic mass is 16.8. The third-order valence-electron chi connectivity index (χ3n) is 11.6. The molecule has 0 radical (unpaired) electrons. The van der Waals surface area contributed by atoms with Crippen molar-refractivity contribution in [3.05, 3.63) is 89.0 Å². The molecular weight excluding hydrogens is 697 g/mol. The van der Waals surface area contributed by atoms with Crippen LogP contribution >= 0.6 is 0 Å². The van der Waals surface area contributed by atoms with Gasteiger partial charge in [-0.15, -0.1) is 0 Å². The summed E-state index contributed by atoms with van der Waals surface area (Å²) in [5.41, 5.74) is 2.73. The molecule has 2 saturated heterocycles. The molecule has 10 heteroatoms.